The smallest absolute Gasteiger partial charge is 0.215 e. The summed E-state index contributed by atoms with van der Waals surface area (Å²) in [7, 11) is -1.18. The largest absolute Gasteiger partial charge is 0.361 e. The van der Waals surface area contributed by atoms with Crippen molar-refractivity contribution in [1.82, 2.24) is 30.1 Å². The van der Waals surface area contributed by atoms with Crippen molar-refractivity contribution in [2.24, 2.45) is 0 Å². The molecule has 0 aliphatic heterocycles. The van der Waals surface area contributed by atoms with Crippen molar-refractivity contribution >= 4 is 52.8 Å². The van der Waals surface area contributed by atoms with E-state index in [1.54, 1.807) is 29.9 Å². The SMILES string of the molecule is C[Si](C)(C)CCOCN(c1ccc2ncc(Nc3cncnc3)cc2n1)c1nnc(C2CCCC2)s1. The lowest BCUT2D eigenvalue weighted by molar-refractivity contribution is 0.153. The summed E-state index contributed by atoms with van der Waals surface area (Å²) in [5, 5.41) is 14.3. The first-order valence-electron chi connectivity index (χ1n) is 12.4. The van der Waals surface area contributed by atoms with Crippen LogP contribution in [0.4, 0.5) is 22.3 Å². The Morgan fingerprint density at radius 1 is 1.03 bits per heavy atom. The van der Waals surface area contributed by atoms with Crippen molar-refractivity contribution in [2.75, 3.05) is 23.6 Å². The van der Waals surface area contributed by atoms with Gasteiger partial charge in [-0.05, 0) is 37.1 Å². The van der Waals surface area contributed by atoms with Gasteiger partial charge in [-0.25, -0.2) is 15.0 Å². The molecule has 0 saturated heterocycles. The first-order chi connectivity index (χ1) is 17.4. The van der Waals surface area contributed by atoms with Crippen LogP contribution in [0.3, 0.4) is 0 Å². The molecule has 4 heterocycles. The standard InChI is InChI=1S/C25H32N8OSSi/c1-36(2,3)11-10-34-17-33(25-32-31-24(35-25)18-6-4-5-7-18)23-9-8-21-22(30-23)12-19(15-28-21)29-20-13-26-16-27-14-20/h8-9,12-16,18,29H,4-7,10-11,17H2,1-3H3. The van der Waals surface area contributed by atoms with Crippen LogP contribution in [-0.2, 0) is 4.74 Å². The molecular formula is C25H32N8OSSi. The third-order valence-corrected chi connectivity index (χ3v) is 9.04. The van der Waals surface area contributed by atoms with Gasteiger partial charge < -0.3 is 10.1 Å². The minimum absolute atomic E-state index is 0.384. The fourth-order valence-corrected chi connectivity index (χ4v) is 5.94. The maximum Gasteiger partial charge on any atom is 0.215 e. The van der Waals surface area contributed by atoms with E-state index in [4.69, 9.17) is 9.72 Å². The lowest BCUT2D eigenvalue weighted by atomic mass is 10.1. The summed E-state index contributed by atoms with van der Waals surface area (Å²) in [6.45, 7) is 8.19. The van der Waals surface area contributed by atoms with Crippen LogP contribution in [0, 0.1) is 0 Å². The Bertz CT molecular complexity index is 1290. The van der Waals surface area contributed by atoms with Crippen LogP contribution in [0.2, 0.25) is 25.7 Å². The van der Waals surface area contributed by atoms with Gasteiger partial charge in [0.25, 0.3) is 0 Å². The molecule has 1 fully saturated rings. The molecule has 1 aliphatic rings. The van der Waals surface area contributed by atoms with E-state index < -0.39 is 8.07 Å². The molecule has 5 rings (SSSR count). The number of hydrogen-bond donors (Lipinski definition) is 1. The molecule has 4 aromatic rings. The van der Waals surface area contributed by atoms with E-state index in [9.17, 15) is 0 Å². The summed E-state index contributed by atoms with van der Waals surface area (Å²) in [5.41, 5.74) is 3.21. The lowest BCUT2D eigenvalue weighted by Crippen LogP contribution is -2.26. The minimum atomic E-state index is -1.18. The summed E-state index contributed by atoms with van der Waals surface area (Å²) < 4.78 is 6.15. The van der Waals surface area contributed by atoms with Gasteiger partial charge in [-0.15, -0.1) is 10.2 Å². The molecular weight excluding hydrogens is 488 g/mol. The summed E-state index contributed by atoms with van der Waals surface area (Å²) in [6.07, 6.45) is 11.7. The van der Waals surface area contributed by atoms with E-state index in [0.717, 1.165) is 51.0 Å². The van der Waals surface area contributed by atoms with Crippen LogP contribution in [0.1, 0.15) is 36.6 Å². The van der Waals surface area contributed by atoms with Crippen molar-refractivity contribution in [2.45, 2.75) is 57.3 Å². The van der Waals surface area contributed by atoms with Gasteiger partial charge in [-0.1, -0.05) is 43.8 Å². The second-order valence-corrected chi connectivity index (χ2v) is 17.0. The number of nitrogens with zero attached hydrogens (tertiary/aromatic N) is 7. The van der Waals surface area contributed by atoms with Gasteiger partial charge in [0, 0.05) is 20.6 Å². The van der Waals surface area contributed by atoms with Crippen LogP contribution in [0.25, 0.3) is 11.0 Å². The first kappa shape index (κ1) is 24.7. The van der Waals surface area contributed by atoms with Crippen LogP contribution >= 0.6 is 11.3 Å². The first-order valence-corrected chi connectivity index (χ1v) is 16.9. The van der Waals surface area contributed by atoms with Gasteiger partial charge in [0.15, 0.2) is 0 Å². The van der Waals surface area contributed by atoms with Gasteiger partial charge >= 0.3 is 0 Å². The molecule has 1 N–H and O–H groups in total. The summed E-state index contributed by atoms with van der Waals surface area (Å²) >= 11 is 1.66. The topological polar surface area (TPSA) is 102 Å². The van der Waals surface area contributed by atoms with E-state index in [1.165, 1.54) is 32.0 Å². The Hall–Kier alpha value is -3.02. The number of ether oxygens (including phenoxy) is 1. The predicted octanol–water partition coefficient (Wildman–Crippen LogP) is 6.12. The van der Waals surface area contributed by atoms with E-state index >= 15 is 0 Å². The molecule has 36 heavy (non-hydrogen) atoms. The molecule has 0 amide bonds. The van der Waals surface area contributed by atoms with Gasteiger partial charge in [-0.2, -0.15) is 0 Å². The third kappa shape index (κ3) is 6.21. The Labute approximate surface area is 216 Å². The highest BCUT2D eigenvalue weighted by atomic mass is 32.1. The maximum absolute atomic E-state index is 6.15. The number of anilines is 4. The Morgan fingerprint density at radius 2 is 1.83 bits per heavy atom. The van der Waals surface area contributed by atoms with Gasteiger partial charge in [-0.3, -0.25) is 9.88 Å². The monoisotopic (exact) mass is 520 g/mol. The highest BCUT2D eigenvalue weighted by Gasteiger charge is 2.24. The molecule has 0 spiro atoms. The average Bonchev–Trinajstić information content (AvgIpc) is 3.56. The minimum Gasteiger partial charge on any atom is -0.361 e. The van der Waals surface area contributed by atoms with Crippen LogP contribution < -0.4 is 10.2 Å². The van der Waals surface area contributed by atoms with Gasteiger partial charge in [0.2, 0.25) is 5.13 Å². The number of hydrogen-bond acceptors (Lipinski definition) is 10. The van der Waals surface area contributed by atoms with Crippen LogP contribution in [0.15, 0.2) is 43.1 Å². The Kier molecular flexibility index (Phi) is 7.49. The second kappa shape index (κ2) is 10.9. The van der Waals surface area contributed by atoms with Gasteiger partial charge in [0.1, 0.15) is 23.9 Å². The zero-order valence-electron chi connectivity index (χ0n) is 21.0. The lowest BCUT2D eigenvalue weighted by Gasteiger charge is -2.22. The summed E-state index contributed by atoms with van der Waals surface area (Å²) in [6, 6.07) is 7.05. The molecule has 9 nitrogen and oxygen atoms in total. The second-order valence-electron chi connectivity index (χ2n) is 10.4. The molecule has 0 atom stereocenters. The zero-order chi connectivity index (χ0) is 25.0. The van der Waals surface area contributed by atoms with Crippen molar-refractivity contribution < 1.29 is 4.74 Å². The zero-order valence-corrected chi connectivity index (χ0v) is 22.8. The fourth-order valence-electron chi connectivity index (χ4n) is 4.17. The van der Waals surface area contributed by atoms with Crippen molar-refractivity contribution in [3.05, 3.63) is 48.1 Å². The number of nitrogens with one attached hydrogen (secondary N) is 1. The molecule has 1 aliphatic carbocycles. The molecule has 11 heteroatoms. The van der Waals surface area contributed by atoms with Gasteiger partial charge in [0.05, 0.1) is 41.0 Å². The van der Waals surface area contributed by atoms with E-state index in [1.807, 2.05) is 23.1 Å². The van der Waals surface area contributed by atoms with E-state index in [0.29, 0.717) is 12.6 Å². The Balaban J connectivity index is 1.41. The summed E-state index contributed by atoms with van der Waals surface area (Å²) in [5.74, 6) is 1.29. The number of pyridine rings is 2. The highest BCUT2D eigenvalue weighted by Crippen LogP contribution is 2.38. The maximum atomic E-state index is 6.15. The Morgan fingerprint density at radius 3 is 2.61 bits per heavy atom. The molecule has 1 saturated carbocycles. The molecule has 188 valence electrons. The highest BCUT2D eigenvalue weighted by molar-refractivity contribution is 7.15. The third-order valence-electron chi connectivity index (χ3n) is 6.23. The van der Waals surface area contributed by atoms with Crippen molar-refractivity contribution in [3.63, 3.8) is 0 Å². The molecule has 0 radical (unpaired) electrons. The number of aromatic nitrogens is 6. The molecule has 0 bridgehead atoms. The quantitative estimate of drug-likeness (QED) is 0.150. The van der Waals surface area contributed by atoms with E-state index in [-0.39, 0.29) is 0 Å². The van der Waals surface area contributed by atoms with Crippen molar-refractivity contribution in [3.8, 4) is 0 Å². The normalized spacial score (nSPS) is 14.4. The number of fused-ring (bicyclic) bond motifs is 1. The van der Waals surface area contributed by atoms with E-state index in [2.05, 4.69) is 50.1 Å². The summed E-state index contributed by atoms with van der Waals surface area (Å²) in [4.78, 5) is 19.7. The van der Waals surface area contributed by atoms with Crippen LogP contribution in [0.5, 0.6) is 0 Å². The predicted molar refractivity (Wildman–Crippen MR) is 147 cm³/mol. The molecule has 0 aromatic carbocycles. The van der Waals surface area contributed by atoms with Crippen LogP contribution in [-0.4, -0.2) is 51.5 Å². The average molecular weight is 521 g/mol. The molecule has 0 unspecified atom stereocenters. The van der Waals surface area contributed by atoms with Crippen molar-refractivity contribution in [1.29, 1.82) is 0 Å². The number of rotatable bonds is 10. The molecule has 4 aromatic heterocycles. The fraction of sp³-hybridized carbons (Fsp3) is 0.440.